The number of aryl methyl sites for hydroxylation is 1. The van der Waals surface area contributed by atoms with Gasteiger partial charge in [0.05, 0.1) is 0 Å². The van der Waals surface area contributed by atoms with Crippen molar-refractivity contribution < 1.29 is 0 Å². The molecule has 2 atom stereocenters. The molecule has 0 aliphatic rings. The van der Waals surface area contributed by atoms with Gasteiger partial charge < -0.3 is 5.32 Å². The van der Waals surface area contributed by atoms with E-state index >= 15 is 0 Å². The highest BCUT2D eigenvalue weighted by molar-refractivity contribution is 5.14. The summed E-state index contributed by atoms with van der Waals surface area (Å²) in [5, 5.41) is 3.48. The molecule has 2 unspecified atom stereocenters. The molecule has 0 saturated carbocycles. The summed E-state index contributed by atoms with van der Waals surface area (Å²) in [6.07, 6.45) is 1.67. The van der Waals surface area contributed by atoms with Crippen molar-refractivity contribution in [3.05, 3.63) is 23.8 Å². The predicted molar refractivity (Wildman–Crippen MR) is 67.5 cm³/mol. The van der Waals surface area contributed by atoms with E-state index in [9.17, 15) is 0 Å². The van der Waals surface area contributed by atoms with Gasteiger partial charge in [-0.2, -0.15) is 0 Å². The van der Waals surface area contributed by atoms with Gasteiger partial charge in [0.2, 0.25) is 0 Å². The summed E-state index contributed by atoms with van der Waals surface area (Å²) in [4.78, 5) is 8.57. The van der Waals surface area contributed by atoms with Crippen LogP contribution in [0.5, 0.6) is 0 Å². The number of nitrogens with one attached hydrogen (secondary N) is 1. The van der Waals surface area contributed by atoms with E-state index in [2.05, 4.69) is 49.0 Å². The van der Waals surface area contributed by atoms with Crippen LogP contribution < -0.4 is 5.32 Å². The molecule has 0 aromatic carbocycles. The highest BCUT2D eigenvalue weighted by atomic mass is 14.9. The molecule has 3 heteroatoms. The molecule has 0 fully saturated rings. The zero-order valence-electron chi connectivity index (χ0n) is 11.0. The zero-order valence-corrected chi connectivity index (χ0v) is 11.0. The van der Waals surface area contributed by atoms with E-state index in [-0.39, 0.29) is 0 Å². The zero-order chi connectivity index (χ0) is 12.1. The fourth-order valence-electron chi connectivity index (χ4n) is 2.28. The van der Waals surface area contributed by atoms with Crippen LogP contribution in [-0.2, 0) is 0 Å². The quantitative estimate of drug-likeness (QED) is 0.830. The van der Waals surface area contributed by atoms with Gasteiger partial charge in [-0.05, 0) is 32.4 Å². The van der Waals surface area contributed by atoms with E-state index in [0.29, 0.717) is 17.9 Å². The summed E-state index contributed by atoms with van der Waals surface area (Å²) < 4.78 is 0. The lowest BCUT2D eigenvalue weighted by atomic mass is 9.86. The van der Waals surface area contributed by atoms with Gasteiger partial charge in [0, 0.05) is 23.3 Å². The minimum Gasteiger partial charge on any atom is -0.314 e. The summed E-state index contributed by atoms with van der Waals surface area (Å²) >= 11 is 0. The van der Waals surface area contributed by atoms with Crippen molar-refractivity contribution in [3.8, 4) is 0 Å². The molecule has 16 heavy (non-hydrogen) atoms. The summed E-state index contributed by atoms with van der Waals surface area (Å²) in [6.45, 7) is 11.9. The van der Waals surface area contributed by atoms with E-state index in [1.165, 1.54) is 0 Å². The smallest absolute Gasteiger partial charge is 0.115 e. The number of nitrogens with zero attached hydrogens (tertiary/aromatic N) is 2. The van der Waals surface area contributed by atoms with E-state index in [1.54, 1.807) is 6.33 Å². The van der Waals surface area contributed by atoms with E-state index in [4.69, 9.17) is 0 Å². The molecule has 3 nitrogen and oxygen atoms in total. The molecule has 1 aromatic rings. The first-order valence-electron chi connectivity index (χ1n) is 6.08. The van der Waals surface area contributed by atoms with Crippen molar-refractivity contribution in [3.63, 3.8) is 0 Å². The van der Waals surface area contributed by atoms with Crippen molar-refractivity contribution >= 4 is 0 Å². The van der Waals surface area contributed by atoms with Crippen LogP contribution in [0.25, 0.3) is 0 Å². The van der Waals surface area contributed by atoms with Crippen LogP contribution >= 0.6 is 0 Å². The third-order valence-corrected chi connectivity index (χ3v) is 2.95. The van der Waals surface area contributed by atoms with Crippen LogP contribution in [0, 0.1) is 12.8 Å². The summed E-state index contributed by atoms with van der Waals surface area (Å²) in [7, 11) is 0. The van der Waals surface area contributed by atoms with E-state index < -0.39 is 0 Å². The number of aromatic nitrogens is 2. The molecule has 1 aromatic heterocycles. The molecule has 0 aliphatic carbocycles. The van der Waals surface area contributed by atoms with Gasteiger partial charge in [0.1, 0.15) is 6.33 Å². The molecule has 0 spiro atoms. The Bertz CT molecular complexity index is 323. The van der Waals surface area contributed by atoms with Crippen LogP contribution in [0.2, 0.25) is 0 Å². The second-order valence-corrected chi connectivity index (χ2v) is 4.70. The second-order valence-electron chi connectivity index (χ2n) is 4.70. The van der Waals surface area contributed by atoms with E-state index in [1.807, 2.05) is 6.92 Å². The first-order chi connectivity index (χ1) is 7.56. The van der Waals surface area contributed by atoms with Crippen LogP contribution in [0.1, 0.15) is 45.0 Å². The van der Waals surface area contributed by atoms with Gasteiger partial charge in [-0.3, -0.25) is 0 Å². The minimum absolute atomic E-state index is 0.444. The first kappa shape index (κ1) is 13.1. The topological polar surface area (TPSA) is 37.8 Å². The Morgan fingerprint density at radius 1 is 1.25 bits per heavy atom. The lowest BCUT2D eigenvalue weighted by molar-refractivity contribution is 0.375. The Kier molecular flexibility index (Phi) is 4.87. The number of hydrogen-bond donors (Lipinski definition) is 1. The average Bonchev–Trinajstić information content (AvgIpc) is 2.17. The third kappa shape index (κ3) is 3.27. The SMILES string of the molecule is CCNC(C)C(c1cc(C)ncn1)C(C)C. The van der Waals surface area contributed by atoms with Gasteiger partial charge in [-0.15, -0.1) is 0 Å². The molecule has 1 N–H and O–H groups in total. The van der Waals surface area contributed by atoms with Gasteiger partial charge in [-0.25, -0.2) is 9.97 Å². The van der Waals surface area contributed by atoms with Crippen LogP contribution in [0.15, 0.2) is 12.4 Å². The van der Waals surface area contributed by atoms with Crippen LogP contribution in [0.3, 0.4) is 0 Å². The highest BCUT2D eigenvalue weighted by Crippen LogP contribution is 2.26. The van der Waals surface area contributed by atoms with Crippen molar-refractivity contribution in [1.29, 1.82) is 0 Å². The summed E-state index contributed by atoms with van der Waals surface area (Å²) in [5.74, 6) is 1.02. The maximum atomic E-state index is 4.41. The molecule has 0 saturated heterocycles. The van der Waals surface area contributed by atoms with Crippen molar-refractivity contribution in [2.75, 3.05) is 6.54 Å². The Hall–Kier alpha value is -0.960. The maximum Gasteiger partial charge on any atom is 0.115 e. The minimum atomic E-state index is 0.444. The Morgan fingerprint density at radius 3 is 2.44 bits per heavy atom. The molecule has 1 heterocycles. The first-order valence-corrected chi connectivity index (χ1v) is 6.08. The van der Waals surface area contributed by atoms with Gasteiger partial charge in [0.15, 0.2) is 0 Å². The van der Waals surface area contributed by atoms with Gasteiger partial charge in [0.25, 0.3) is 0 Å². The van der Waals surface area contributed by atoms with E-state index in [0.717, 1.165) is 17.9 Å². The number of rotatable bonds is 5. The predicted octanol–water partition coefficient (Wildman–Crippen LogP) is 2.52. The Morgan fingerprint density at radius 2 is 1.94 bits per heavy atom. The molecular weight excluding hydrogens is 198 g/mol. The Balaban J connectivity index is 2.93. The van der Waals surface area contributed by atoms with Crippen molar-refractivity contribution in [2.45, 2.75) is 46.6 Å². The van der Waals surface area contributed by atoms with Gasteiger partial charge >= 0.3 is 0 Å². The number of hydrogen-bond acceptors (Lipinski definition) is 3. The molecule has 90 valence electrons. The fraction of sp³-hybridized carbons (Fsp3) is 0.692. The molecule has 0 amide bonds. The van der Waals surface area contributed by atoms with Crippen molar-refractivity contribution in [2.24, 2.45) is 5.92 Å². The standard InChI is InChI=1S/C13H23N3/c1-6-14-11(5)13(9(2)3)12-7-10(4)15-8-16-12/h7-9,11,13-14H,6H2,1-5H3. The molecular formula is C13H23N3. The summed E-state index contributed by atoms with van der Waals surface area (Å²) in [5.41, 5.74) is 2.19. The molecule has 1 rings (SSSR count). The fourth-order valence-corrected chi connectivity index (χ4v) is 2.28. The monoisotopic (exact) mass is 221 g/mol. The van der Waals surface area contributed by atoms with Crippen molar-refractivity contribution in [1.82, 2.24) is 15.3 Å². The van der Waals surface area contributed by atoms with Gasteiger partial charge in [-0.1, -0.05) is 20.8 Å². The largest absolute Gasteiger partial charge is 0.314 e. The van der Waals surface area contributed by atoms with Crippen LogP contribution in [0.4, 0.5) is 0 Å². The lowest BCUT2D eigenvalue weighted by Gasteiger charge is -2.27. The molecule has 0 radical (unpaired) electrons. The number of likely N-dealkylation sites (N-methyl/N-ethyl adjacent to an activating group) is 1. The van der Waals surface area contributed by atoms with Crippen LogP contribution in [-0.4, -0.2) is 22.6 Å². The molecule has 0 aliphatic heterocycles. The normalized spacial score (nSPS) is 15.1. The lowest BCUT2D eigenvalue weighted by Crippen LogP contribution is -2.35. The molecule has 0 bridgehead atoms. The second kappa shape index (κ2) is 5.94. The average molecular weight is 221 g/mol. The third-order valence-electron chi connectivity index (χ3n) is 2.95. The maximum absolute atomic E-state index is 4.41. The highest BCUT2D eigenvalue weighted by Gasteiger charge is 2.23. The Labute approximate surface area is 98.7 Å². The summed E-state index contributed by atoms with van der Waals surface area (Å²) in [6, 6.07) is 2.54.